The summed E-state index contributed by atoms with van der Waals surface area (Å²) in [5.74, 6) is -1.58. The van der Waals surface area contributed by atoms with Crippen LogP contribution in [0.25, 0.3) is 0 Å². The normalized spacial score (nSPS) is 29.0. The fourth-order valence-electron chi connectivity index (χ4n) is 3.75. The second-order valence-corrected chi connectivity index (χ2v) is 7.12. The molecule has 7 heteroatoms. The first kappa shape index (κ1) is 19.2. The van der Waals surface area contributed by atoms with Gasteiger partial charge in [0, 0.05) is 5.56 Å². The summed E-state index contributed by atoms with van der Waals surface area (Å²) in [5, 5.41) is 22.8. The summed E-state index contributed by atoms with van der Waals surface area (Å²) in [6.45, 7) is 1.88. The number of ether oxygens (including phenoxy) is 3. The van der Waals surface area contributed by atoms with Crippen LogP contribution in [-0.4, -0.2) is 35.4 Å². The molecular weight excluding hydrogens is 362 g/mol. The van der Waals surface area contributed by atoms with Gasteiger partial charge < -0.3 is 24.4 Å². The lowest BCUT2D eigenvalue weighted by Gasteiger charge is -2.42. The summed E-state index contributed by atoms with van der Waals surface area (Å²) in [7, 11) is 0. The molecule has 28 heavy (non-hydrogen) atoms. The Morgan fingerprint density at radius 3 is 2.54 bits per heavy atom. The van der Waals surface area contributed by atoms with Crippen molar-refractivity contribution < 1.29 is 24.4 Å². The summed E-state index contributed by atoms with van der Waals surface area (Å²) in [6, 6.07) is 14.3. The average Bonchev–Trinajstić information content (AvgIpc) is 3.09. The van der Waals surface area contributed by atoms with Crippen LogP contribution < -0.4 is 0 Å². The van der Waals surface area contributed by atoms with Crippen molar-refractivity contribution in [2.45, 2.75) is 50.8 Å². The fraction of sp³-hybridized carbons (Fsp3) is 0.429. The molecular formula is C21H23NO6. The summed E-state index contributed by atoms with van der Waals surface area (Å²) in [4.78, 5) is 10.9. The summed E-state index contributed by atoms with van der Waals surface area (Å²) in [5.41, 5.74) is 4.99. The predicted octanol–water partition coefficient (Wildman–Crippen LogP) is 2.34. The van der Waals surface area contributed by atoms with E-state index in [1.54, 1.807) is 0 Å². The molecule has 2 aliphatic rings. The van der Waals surface area contributed by atoms with Crippen molar-refractivity contribution >= 4 is 0 Å². The summed E-state index contributed by atoms with van der Waals surface area (Å²) in [6.07, 6.45) is -2.13. The number of aryl methyl sites for hydroxylation is 1. The minimum absolute atomic E-state index is 0.235. The van der Waals surface area contributed by atoms with Crippen LogP contribution >= 0.6 is 0 Å². The van der Waals surface area contributed by atoms with Crippen LogP contribution in [0.1, 0.15) is 34.7 Å². The zero-order valence-electron chi connectivity index (χ0n) is 15.6. The number of nitroso groups, excluding NO2 is 1. The van der Waals surface area contributed by atoms with Gasteiger partial charge in [-0.2, -0.15) is 0 Å². The Balaban J connectivity index is 1.63. The molecule has 0 saturated carbocycles. The Bertz CT molecular complexity index is 854. The molecule has 2 aliphatic heterocycles. The third-order valence-corrected chi connectivity index (χ3v) is 5.35. The number of aliphatic hydroxyl groups is 2. The summed E-state index contributed by atoms with van der Waals surface area (Å²) < 4.78 is 16.9. The number of nitrogens with zero attached hydrogens (tertiary/aromatic N) is 1. The van der Waals surface area contributed by atoms with Gasteiger partial charge in [0.2, 0.25) is 18.3 Å². The molecule has 7 nitrogen and oxygen atoms in total. The highest BCUT2D eigenvalue weighted by Gasteiger charge is 2.56. The van der Waals surface area contributed by atoms with Gasteiger partial charge in [-0.15, -0.1) is 4.91 Å². The van der Waals surface area contributed by atoms with Gasteiger partial charge in [0.1, 0.15) is 6.10 Å². The van der Waals surface area contributed by atoms with Crippen molar-refractivity contribution in [1.82, 2.24) is 0 Å². The van der Waals surface area contributed by atoms with Gasteiger partial charge in [-0.05, 0) is 46.3 Å². The number of benzene rings is 2. The SMILES string of the molecule is CCc1ccc(Cc2ccc3c(c2)C2(OC3)OC(CO)[C@@H](N=O)O[C@@H]2O)cc1. The fourth-order valence-corrected chi connectivity index (χ4v) is 3.75. The molecule has 2 N–H and O–H groups in total. The third-order valence-electron chi connectivity index (χ3n) is 5.35. The minimum atomic E-state index is -1.58. The van der Waals surface area contributed by atoms with Crippen molar-refractivity contribution in [3.8, 4) is 0 Å². The second-order valence-electron chi connectivity index (χ2n) is 7.12. The number of rotatable bonds is 5. The molecule has 1 saturated heterocycles. The van der Waals surface area contributed by atoms with Crippen molar-refractivity contribution in [1.29, 1.82) is 0 Å². The van der Waals surface area contributed by atoms with Crippen LogP contribution in [0.3, 0.4) is 0 Å². The maximum Gasteiger partial charge on any atom is 0.249 e. The van der Waals surface area contributed by atoms with Gasteiger partial charge in [0.25, 0.3) is 0 Å². The van der Waals surface area contributed by atoms with E-state index in [2.05, 4.69) is 36.4 Å². The maximum absolute atomic E-state index is 10.9. The highest BCUT2D eigenvalue weighted by atomic mass is 16.8. The molecule has 0 aliphatic carbocycles. The third kappa shape index (κ3) is 3.25. The van der Waals surface area contributed by atoms with E-state index in [0.717, 1.165) is 17.5 Å². The van der Waals surface area contributed by atoms with Crippen molar-refractivity contribution in [2.24, 2.45) is 5.18 Å². The van der Waals surface area contributed by atoms with Crippen molar-refractivity contribution in [3.05, 3.63) is 75.2 Å². The first-order valence-corrected chi connectivity index (χ1v) is 9.38. The molecule has 148 valence electrons. The highest BCUT2D eigenvalue weighted by molar-refractivity contribution is 5.40. The number of fused-ring (bicyclic) bond motifs is 2. The molecule has 1 fully saturated rings. The zero-order valence-corrected chi connectivity index (χ0v) is 15.6. The van der Waals surface area contributed by atoms with Gasteiger partial charge in [0.05, 0.1) is 13.2 Å². The summed E-state index contributed by atoms with van der Waals surface area (Å²) >= 11 is 0. The van der Waals surface area contributed by atoms with E-state index < -0.39 is 31.0 Å². The highest BCUT2D eigenvalue weighted by Crippen LogP contribution is 2.45. The van der Waals surface area contributed by atoms with Gasteiger partial charge in [-0.25, -0.2) is 0 Å². The zero-order chi connectivity index (χ0) is 19.7. The lowest BCUT2D eigenvalue weighted by Crippen LogP contribution is -2.56. The second kappa shape index (κ2) is 7.69. The maximum atomic E-state index is 10.9. The van der Waals surface area contributed by atoms with Gasteiger partial charge in [0.15, 0.2) is 0 Å². The molecule has 0 radical (unpaired) electrons. The van der Waals surface area contributed by atoms with E-state index in [1.165, 1.54) is 11.1 Å². The predicted molar refractivity (Wildman–Crippen MR) is 100 cm³/mol. The van der Waals surface area contributed by atoms with Gasteiger partial charge in [-0.1, -0.05) is 43.3 Å². The molecule has 0 bridgehead atoms. The molecule has 1 spiro atoms. The van der Waals surface area contributed by atoms with E-state index in [-0.39, 0.29) is 6.61 Å². The first-order valence-electron chi connectivity index (χ1n) is 9.38. The molecule has 4 rings (SSSR count). The minimum Gasteiger partial charge on any atom is -0.393 e. The first-order chi connectivity index (χ1) is 13.6. The molecule has 2 unspecified atom stereocenters. The Morgan fingerprint density at radius 1 is 1.14 bits per heavy atom. The molecule has 2 aromatic carbocycles. The molecule has 2 aromatic rings. The van der Waals surface area contributed by atoms with Crippen LogP contribution in [0.2, 0.25) is 0 Å². The number of hydrogen-bond donors (Lipinski definition) is 2. The van der Waals surface area contributed by atoms with Crippen LogP contribution in [0, 0.1) is 4.91 Å². The van der Waals surface area contributed by atoms with E-state index in [4.69, 9.17) is 14.2 Å². The monoisotopic (exact) mass is 385 g/mol. The topological polar surface area (TPSA) is 97.6 Å². The molecule has 2 heterocycles. The largest absolute Gasteiger partial charge is 0.393 e. The average molecular weight is 385 g/mol. The van der Waals surface area contributed by atoms with Crippen molar-refractivity contribution in [3.63, 3.8) is 0 Å². The Labute approximate surface area is 162 Å². The quantitative estimate of drug-likeness (QED) is 0.767. The number of hydrogen-bond acceptors (Lipinski definition) is 7. The van der Waals surface area contributed by atoms with Crippen LogP contribution in [0.15, 0.2) is 47.6 Å². The van der Waals surface area contributed by atoms with Crippen molar-refractivity contribution in [2.75, 3.05) is 6.61 Å². The lowest BCUT2D eigenvalue weighted by molar-refractivity contribution is -0.416. The smallest absolute Gasteiger partial charge is 0.249 e. The lowest BCUT2D eigenvalue weighted by atomic mass is 9.95. The standard InChI is InChI=1S/C21H23NO6/c1-2-13-3-5-14(6-4-13)9-15-7-8-16-12-26-21(17(16)10-15)20(24)27-19(22-25)18(11-23)28-21/h3-8,10,18-20,23-24H,2,9,11-12H2,1H3/t18?,19-,20-,21?/m0/s1. The molecule has 4 atom stereocenters. The van der Waals surface area contributed by atoms with E-state index in [1.807, 2.05) is 18.2 Å². The van der Waals surface area contributed by atoms with E-state index in [9.17, 15) is 15.1 Å². The Hall–Kier alpha value is -2.16. The van der Waals surface area contributed by atoms with Gasteiger partial charge >= 0.3 is 0 Å². The molecule has 0 aromatic heterocycles. The number of aliphatic hydroxyl groups excluding tert-OH is 2. The van der Waals surface area contributed by atoms with E-state index >= 15 is 0 Å². The Morgan fingerprint density at radius 2 is 1.86 bits per heavy atom. The van der Waals surface area contributed by atoms with Crippen LogP contribution in [0.4, 0.5) is 0 Å². The van der Waals surface area contributed by atoms with Gasteiger partial charge in [-0.3, -0.25) is 0 Å². The van der Waals surface area contributed by atoms with Crippen LogP contribution in [0.5, 0.6) is 0 Å². The van der Waals surface area contributed by atoms with Crippen LogP contribution in [-0.2, 0) is 39.4 Å². The Kier molecular flexibility index (Phi) is 5.27. The van der Waals surface area contributed by atoms with E-state index in [0.29, 0.717) is 12.0 Å². The molecule has 0 amide bonds.